The number of rotatable bonds is 11. The molecule has 0 saturated carbocycles. The number of nitrogens with zero attached hydrogens (tertiary/aromatic N) is 3. The lowest BCUT2D eigenvalue weighted by atomic mass is 10.2. The van der Waals surface area contributed by atoms with E-state index in [-0.39, 0.29) is 0 Å². The quantitative estimate of drug-likeness (QED) is 0.481. The summed E-state index contributed by atoms with van der Waals surface area (Å²) in [4.78, 5) is 11.5. The van der Waals surface area contributed by atoms with Crippen molar-refractivity contribution in [3.8, 4) is 0 Å². The molecule has 0 radical (unpaired) electrons. The zero-order valence-corrected chi connectivity index (χ0v) is 18.4. The maximum atomic E-state index is 6.08. The van der Waals surface area contributed by atoms with Crippen molar-refractivity contribution in [3.05, 3.63) is 47.8 Å². The van der Waals surface area contributed by atoms with E-state index >= 15 is 0 Å². The minimum atomic E-state index is 0.547. The summed E-state index contributed by atoms with van der Waals surface area (Å²) in [6.45, 7) is 9.63. The molecule has 29 heavy (non-hydrogen) atoms. The first-order chi connectivity index (χ1) is 14.0. The van der Waals surface area contributed by atoms with Crippen LogP contribution in [0.4, 0.5) is 10.1 Å². The molecule has 2 heterocycles. The van der Waals surface area contributed by atoms with Crippen LogP contribution in [0.25, 0.3) is 6.08 Å². The number of nitrogens with two attached hydrogens (primary N) is 1. The standard InChI is InChI=1S/C21H32N6OS/c1-5-7-8-18-20(22)29-21(26-18)25-17-12-16(15-27(3)10-11-28-4)13-19(24-14-17)23-9-6-2/h5,7-8,12-13H,1,6,9-11,14-15,22H2,2-4H3,(H,23,24)(H,25,26)/b8-7-. The van der Waals surface area contributed by atoms with Crippen LogP contribution in [0, 0.1) is 0 Å². The molecule has 1 aromatic heterocycles. The van der Waals surface area contributed by atoms with Crippen LogP contribution in [0.5, 0.6) is 0 Å². The summed E-state index contributed by atoms with van der Waals surface area (Å²) in [6, 6.07) is 0. The van der Waals surface area contributed by atoms with Crippen LogP contribution < -0.4 is 16.4 Å². The molecule has 1 aromatic rings. The first-order valence-electron chi connectivity index (χ1n) is 9.75. The number of likely N-dealkylation sites (N-methyl/N-ethyl adjacent to an activating group) is 1. The molecular formula is C21H32N6OS. The van der Waals surface area contributed by atoms with E-state index in [9.17, 15) is 0 Å². The van der Waals surface area contributed by atoms with Crippen molar-refractivity contribution in [3.63, 3.8) is 0 Å². The van der Waals surface area contributed by atoms with E-state index in [1.165, 1.54) is 16.9 Å². The Labute approximate surface area is 177 Å². The van der Waals surface area contributed by atoms with Gasteiger partial charge in [0.05, 0.1) is 18.8 Å². The Morgan fingerprint density at radius 1 is 1.41 bits per heavy atom. The fourth-order valence-corrected chi connectivity index (χ4v) is 3.43. The van der Waals surface area contributed by atoms with Crippen molar-refractivity contribution in [2.45, 2.75) is 13.3 Å². The molecule has 0 atom stereocenters. The van der Waals surface area contributed by atoms with Crippen molar-refractivity contribution in [2.24, 2.45) is 4.99 Å². The Bertz CT molecular complexity index is 793. The van der Waals surface area contributed by atoms with Crippen LogP contribution >= 0.6 is 11.3 Å². The molecule has 0 saturated heterocycles. The topological polar surface area (TPSA) is 87.8 Å². The van der Waals surface area contributed by atoms with Crippen molar-refractivity contribution >= 4 is 33.4 Å². The predicted molar refractivity (Wildman–Crippen MR) is 126 cm³/mol. The van der Waals surface area contributed by atoms with Gasteiger partial charge < -0.3 is 21.1 Å². The number of aromatic nitrogens is 1. The smallest absolute Gasteiger partial charge is 0.189 e. The Balaban J connectivity index is 2.17. The maximum Gasteiger partial charge on any atom is 0.189 e. The normalized spacial score (nSPS) is 14.4. The monoisotopic (exact) mass is 416 g/mol. The van der Waals surface area contributed by atoms with Gasteiger partial charge in [0.25, 0.3) is 0 Å². The van der Waals surface area contributed by atoms with Gasteiger partial charge in [-0.05, 0) is 37.3 Å². The van der Waals surface area contributed by atoms with Gasteiger partial charge in [-0.3, -0.25) is 9.89 Å². The number of allylic oxidation sites excluding steroid dienone is 2. The molecule has 0 aromatic carbocycles. The van der Waals surface area contributed by atoms with Crippen LogP contribution in [-0.2, 0) is 4.74 Å². The van der Waals surface area contributed by atoms with Crippen molar-refractivity contribution < 1.29 is 4.74 Å². The molecule has 1 aliphatic rings. The molecule has 8 heteroatoms. The lowest BCUT2D eigenvalue weighted by molar-refractivity contribution is 0.166. The summed E-state index contributed by atoms with van der Waals surface area (Å²) in [5.74, 6) is 0.906. The van der Waals surface area contributed by atoms with E-state index < -0.39 is 0 Å². The number of anilines is 2. The van der Waals surface area contributed by atoms with E-state index in [1.54, 1.807) is 13.2 Å². The molecule has 4 N–H and O–H groups in total. The number of methoxy groups -OCH3 is 1. The summed E-state index contributed by atoms with van der Waals surface area (Å²) >= 11 is 1.42. The molecule has 2 rings (SSSR count). The van der Waals surface area contributed by atoms with Crippen LogP contribution in [0.2, 0.25) is 0 Å². The molecule has 0 bridgehead atoms. The second kappa shape index (κ2) is 12.2. The third kappa shape index (κ3) is 7.84. The summed E-state index contributed by atoms with van der Waals surface area (Å²) in [5.41, 5.74) is 8.98. The molecule has 0 unspecified atom stereocenters. The summed E-state index contributed by atoms with van der Waals surface area (Å²) < 4.78 is 5.19. The molecule has 0 aliphatic carbocycles. The number of nitrogen functional groups attached to an aromatic ring is 1. The molecule has 158 valence electrons. The minimum absolute atomic E-state index is 0.547. The van der Waals surface area contributed by atoms with Gasteiger partial charge in [-0.15, -0.1) is 0 Å². The number of hydrogen-bond donors (Lipinski definition) is 3. The highest BCUT2D eigenvalue weighted by Crippen LogP contribution is 2.28. The minimum Gasteiger partial charge on any atom is -0.389 e. The first-order valence-corrected chi connectivity index (χ1v) is 10.6. The van der Waals surface area contributed by atoms with Gasteiger partial charge in [0.2, 0.25) is 0 Å². The number of ether oxygens (including phenoxy) is 1. The highest BCUT2D eigenvalue weighted by Gasteiger charge is 2.12. The molecule has 0 amide bonds. The largest absolute Gasteiger partial charge is 0.389 e. The number of thiazole rings is 1. The molecular weight excluding hydrogens is 384 g/mol. The second-order valence-electron chi connectivity index (χ2n) is 6.74. The van der Waals surface area contributed by atoms with E-state index in [2.05, 4.69) is 53.2 Å². The number of amidine groups is 1. The fraction of sp³-hybridized carbons (Fsp3) is 0.429. The van der Waals surface area contributed by atoms with Gasteiger partial charge in [0.1, 0.15) is 10.8 Å². The third-order valence-corrected chi connectivity index (χ3v) is 4.94. The van der Waals surface area contributed by atoms with E-state index in [1.807, 2.05) is 12.2 Å². The Morgan fingerprint density at radius 2 is 2.24 bits per heavy atom. The highest BCUT2D eigenvalue weighted by molar-refractivity contribution is 7.19. The van der Waals surface area contributed by atoms with Crippen molar-refractivity contribution in [1.29, 1.82) is 0 Å². The van der Waals surface area contributed by atoms with E-state index in [4.69, 9.17) is 15.5 Å². The van der Waals surface area contributed by atoms with Crippen molar-refractivity contribution in [1.82, 2.24) is 15.2 Å². The molecule has 0 fully saturated rings. The lowest BCUT2D eigenvalue weighted by Gasteiger charge is -2.17. The Hall–Kier alpha value is -2.42. The van der Waals surface area contributed by atoms with E-state index in [0.29, 0.717) is 18.2 Å². The zero-order valence-electron chi connectivity index (χ0n) is 17.6. The van der Waals surface area contributed by atoms with Gasteiger partial charge in [-0.1, -0.05) is 37.0 Å². The number of hydrogen-bond acceptors (Lipinski definition) is 8. The van der Waals surface area contributed by atoms with Gasteiger partial charge in [0.15, 0.2) is 5.13 Å². The van der Waals surface area contributed by atoms with Crippen LogP contribution in [0.15, 0.2) is 47.1 Å². The summed E-state index contributed by atoms with van der Waals surface area (Å²) in [5, 5.41) is 8.21. The van der Waals surface area contributed by atoms with E-state index in [0.717, 1.165) is 48.4 Å². The van der Waals surface area contributed by atoms with Crippen LogP contribution in [0.3, 0.4) is 0 Å². The van der Waals surface area contributed by atoms with Crippen LogP contribution in [0.1, 0.15) is 19.0 Å². The van der Waals surface area contributed by atoms with Gasteiger partial charge in [-0.25, -0.2) is 4.98 Å². The molecule has 0 spiro atoms. The molecule has 7 nitrogen and oxygen atoms in total. The van der Waals surface area contributed by atoms with Gasteiger partial charge in [-0.2, -0.15) is 0 Å². The maximum absolute atomic E-state index is 6.08. The number of aliphatic imine (C=N–C) groups is 1. The summed E-state index contributed by atoms with van der Waals surface area (Å²) in [7, 11) is 3.81. The van der Waals surface area contributed by atoms with Gasteiger partial charge in [0, 0.05) is 32.4 Å². The van der Waals surface area contributed by atoms with Crippen molar-refractivity contribution in [2.75, 3.05) is 58.0 Å². The Kier molecular flexibility index (Phi) is 9.63. The average molecular weight is 417 g/mol. The highest BCUT2D eigenvalue weighted by atomic mass is 32.1. The summed E-state index contributed by atoms with van der Waals surface area (Å²) in [6.07, 6.45) is 10.7. The second-order valence-corrected chi connectivity index (χ2v) is 7.77. The predicted octanol–water partition coefficient (Wildman–Crippen LogP) is 3.14. The molecule has 1 aliphatic heterocycles. The lowest BCUT2D eigenvalue weighted by Crippen LogP contribution is -2.26. The zero-order chi connectivity index (χ0) is 21.1. The number of nitrogens with one attached hydrogen (secondary N) is 2. The van der Waals surface area contributed by atoms with Gasteiger partial charge >= 0.3 is 0 Å². The SMILES string of the molecule is C=C/C=C\c1nc(NC2=CC(CN(C)CCOC)=CC(NCCC)=NC2)sc1N. The average Bonchev–Trinajstić information content (AvgIpc) is 2.93. The van der Waals surface area contributed by atoms with Crippen LogP contribution in [-0.4, -0.2) is 62.7 Å². The third-order valence-electron chi connectivity index (χ3n) is 4.13. The first kappa shape index (κ1) is 22.9. The fourth-order valence-electron chi connectivity index (χ4n) is 2.68. The Morgan fingerprint density at radius 3 is 2.97 bits per heavy atom.